The van der Waals surface area contributed by atoms with E-state index >= 15 is 0 Å². The molecule has 2 aromatic rings. The number of aldehydes is 1. The Hall–Kier alpha value is -1.07. The zero-order valence-electron chi connectivity index (χ0n) is 9.14. The van der Waals surface area contributed by atoms with E-state index in [-0.39, 0.29) is 0 Å². The normalized spacial score (nSPS) is 10.9. The van der Waals surface area contributed by atoms with E-state index in [2.05, 4.69) is 23.8 Å². The highest BCUT2D eigenvalue weighted by Gasteiger charge is 2.14. The number of rotatable bonds is 4. The molecule has 0 aliphatic heterocycles. The molecule has 0 radical (unpaired) electrons. The first-order chi connectivity index (χ1) is 7.70. The summed E-state index contributed by atoms with van der Waals surface area (Å²) in [5.41, 5.74) is 0.573. The Balaban J connectivity index is 2.36. The van der Waals surface area contributed by atoms with Crippen molar-refractivity contribution < 1.29 is 4.79 Å². The molecule has 0 aliphatic rings. The van der Waals surface area contributed by atoms with Crippen molar-refractivity contribution in [2.45, 2.75) is 20.3 Å². The Morgan fingerprint density at radius 2 is 2.25 bits per heavy atom. The maximum absolute atomic E-state index is 10.9. The van der Waals surface area contributed by atoms with Gasteiger partial charge >= 0.3 is 0 Å². The first-order valence-corrected chi connectivity index (χ1v) is 6.75. The fraction of sp³-hybridized carbons (Fsp3) is 0.364. The topological polar surface area (TPSA) is 42.9 Å². The summed E-state index contributed by atoms with van der Waals surface area (Å²) >= 11 is 3.12. The van der Waals surface area contributed by atoms with E-state index in [1.165, 1.54) is 0 Å². The molecule has 5 heteroatoms. The zero-order valence-corrected chi connectivity index (χ0v) is 10.8. The first kappa shape index (κ1) is 11.4. The second kappa shape index (κ2) is 4.84. The first-order valence-electron chi connectivity index (χ1n) is 5.05. The van der Waals surface area contributed by atoms with Crippen molar-refractivity contribution in [1.82, 2.24) is 9.97 Å². The van der Waals surface area contributed by atoms with Crippen molar-refractivity contribution in [3.05, 3.63) is 22.1 Å². The number of hydrogen-bond donors (Lipinski definition) is 0. The Morgan fingerprint density at radius 1 is 1.44 bits per heavy atom. The summed E-state index contributed by atoms with van der Waals surface area (Å²) in [7, 11) is 0. The highest BCUT2D eigenvalue weighted by atomic mass is 32.1. The second-order valence-electron chi connectivity index (χ2n) is 3.88. The molecular weight excluding hydrogens is 240 g/mol. The van der Waals surface area contributed by atoms with E-state index in [0.717, 1.165) is 27.6 Å². The van der Waals surface area contributed by atoms with Crippen molar-refractivity contribution in [3.8, 4) is 10.0 Å². The lowest BCUT2D eigenvalue weighted by Crippen LogP contribution is -1.95. The van der Waals surface area contributed by atoms with Gasteiger partial charge in [-0.2, -0.15) is 0 Å². The third-order valence-corrected chi connectivity index (χ3v) is 4.06. The predicted octanol–water partition coefficient (Wildman–Crippen LogP) is 3.28. The zero-order chi connectivity index (χ0) is 11.5. The molecular formula is C11H12N2OS2. The minimum atomic E-state index is 0.531. The Labute approximate surface area is 102 Å². The van der Waals surface area contributed by atoms with E-state index in [1.807, 2.05) is 5.38 Å². The summed E-state index contributed by atoms with van der Waals surface area (Å²) in [6.45, 7) is 4.27. The van der Waals surface area contributed by atoms with E-state index in [4.69, 9.17) is 0 Å². The van der Waals surface area contributed by atoms with E-state index in [1.54, 1.807) is 28.9 Å². The highest BCUT2D eigenvalue weighted by molar-refractivity contribution is 7.20. The van der Waals surface area contributed by atoms with Crippen molar-refractivity contribution in [3.63, 3.8) is 0 Å². The summed E-state index contributed by atoms with van der Waals surface area (Å²) in [6, 6.07) is 0. The lowest BCUT2D eigenvalue weighted by atomic mass is 10.1. The molecule has 0 bridgehead atoms. The second-order valence-corrected chi connectivity index (χ2v) is 5.86. The molecule has 0 atom stereocenters. The molecule has 0 saturated carbocycles. The third kappa shape index (κ3) is 2.36. The minimum Gasteiger partial charge on any atom is -0.296 e. The van der Waals surface area contributed by atoms with Crippen LogP contribution in [0.15, 0.2) is 11.6 Å². The minimum absolute atomic E-state index is 0.531. The summed E-state index contributed by atoms with van der Waals surface area (Å²) in [4.78, 5) is 20.5. The molecule has 84 valence electrons. The van der Waals surface area contributed by atoms with E-state index < -0.39 is 0 Å². The fourth-order valence-electron chi connectivity index (χ4n) is 1.39. The van der Waals surface area contributed by atoms with Gasteiger partial charge < -0.3 is 0 Å². The molecule has 2 rings (SSSR count). The quantitative estimate of drug-likeness (QED) is 0.784. The average Bonchev–Trinajstić information content (AvgIpc) is 2.83. The number of aromatic nitrogens is 2. The van der Waals surface area contributed by atoms with Crippen LogP contribution >= 0.6 is 22.7 Å². The van der Waals surface area contributed by atoms with Gasteiger partial charge in [0, 0.05) is 16.5 Å². The van der Waals surface area contributed by atoms with Gasteiger partial charge in [0.15, 0.2) is 16.3 Å². The lowest BCUT2D eigenvalue weighted by Gasteiger charge is -2.00. The predicted molar refractivity (Wildman–Crippen MR) is 67.2 cm³/mol. The van der Waals surface area contributed by atoms with Crippen LogP contribution in [-0.2, 0) is 6.42 Å². The van der Waals surface area contributed by atoms with Gasteiger partial charge in [0.25, 0.3) is 0 Å². The Kier molecular flexibility index (Phi) is 3.46. The van der Waals surface area contributed by atoms with Crippen molar-refractivity contribution >= 4 is 29.0 Å². The molecule has 16 heavy (non-hydrogen) atoms. The van der Waals surface area contributed by atoms with Crippen LogP contribution in [-0.4, -0.2) is 16.3 Å². The largest absolute Gasteiger partial charge is 0.296 e. The SMILES string of the molecule is CC(C)Cc1sc(-c2nccs2)nc1C=O. The number of thiazole rings is 2. The molecule has 0 unspecified atom stereocenters. The molecule has 0 aliphatic carbocycles. The van der Waals surface area contributed by atoms with Crippen molar-refractivity contribution in [2.75, 3.05) is 0 Å². The van der Waals surface area contributed by atoms with Gasteiger partial charge in [0.1, 0.15) is 5.69 Å². The smallest absolute Gasteiger partial charge is 0.169 e. The molecule has 0 fully saturated rings. The number of hydrogen-bond acceptors (Lipinski definition) is 5. The maximum atomic E-state index is 10.9. The highest BCUT2D eigenvalue weighted by Crippen LogP contribution is 2.30. The number of carbonyl (C=O) groups excluding carboxylic acids is 1. The molecule has 0 N–H and O–H groups in total. The van der Waals surface area contributed by atoms with Gasteiger partial charge in [-0.1, -0.05) is 13.8 Å². The third-order valence-electron chi connectivity index (χ3n) is 2.05. The number of carbonyl (C=O) groups is 1. The molecule has 0 amide bonds. The lowest BCUT2D eigenvalue weighted by molar-refractivity contribution is 0.111. The summed E-state index contributed by atoms with van der Waals surface area (Å²) in [6.07, 6.45) is 3.49. The van der Waals surface area contributed by atoms with Crippen LogP contribution in [0.4, 0.5) is 0 Å². The Bertz CT molecular complexity index is 474. The molecule has 2 aromatic heterocycles. The fourth-order valence-corrected chi connectivity index (χ4v) is 3.31. The maximum Gasteiger partial charge on any atom is 0.169 e. The van der Waals surface area contributed by atoms with Crippen LogP contribution < -0.4 is 0 Å². The molecule has 3 nitrogen and oxygen atoms in total. The average molecular weight is 252 g/mol. The molecule has 2 heterocycles. The monoisotopic (exact) mass is 252 g/mol. The van der Waals surface area contributed by atoms with Crippen molar-refractivity contribution in [2.24, 2.45) is 5.92 Å². The molecule has 0 saturated heterocycles. The van der Waals surface area contributed by atoms with Gasteiger partial charge in [-0.05, 0) is 12.3 Å². The van der Waals surface area contributed by atoms with Crippen LogP contribution in [0.3, 0.4) is 0 Å². The van der Waals surface area contributed by atoms with Crippen LogP contribution in [0.5, 0.6) is 0 Å². The number of nitrogens with zero attached hydrogens (tertiary/aromatic N) is 2. The summed E-state index contributed by atoms with van der Waals surface area (Å²) in [5, 5.41) is 3.66. The van der Waals surface area contributed by atoms with Gasteiger partial charge in [-0.25, -0.2) is 9.97 Å². The van der Waals surface area contributed by atoms with Crippen LogP contribution in [0.1, 0.15) is 29.2 Å². The van der Waals surface area contributed by atoms with Crippen molar-refractivity contribution in [1.29, 1.82) is 0 Å². The summed E-state index contributed by atoms with van der Waals surface area (Å²) < 4.78 is 0. The van der Waals surface area contributed by atoms with E-state index in [9.17, 15) is 4.79 Å². The van der Waals surface area contributed by atoms with Gasteiger partial charge in [0.05, 0.1) is 0 Å². The van der Waals surface area contributed by atoms with E-state index in [0.29, 0.717) is 11.6 Å². The molecule has 0 aromatic carbocycles. The standard InChI is InChI=1S/C11H12N2OS2/c1-7(2)5-9-8(6-14)13-11(16-9)10-12-3-4-15-10/h3-4,6-7H,5H2,1-2H3. The van der Waals surface area contributed by atoms with Crippen LogP contribution in [0.2, 0.25) is 0 Å². The summed E-state index contributed by atoms with van der Waals surface area (Å²) in [5.74, 6) is 0.531. The Morgan fingerprint density at radius 3 is 2.81 bits per heavy atom. The van der Waals surface area contributed by atoms with Gasteiger partial charge in [0.2, 0.25) is 0 Å². The molecule has 0 spiro atoms. The van der Waals surface area contributed by atoms with Gasteiger partial charge in [-0.3, -0.25) is 4.79 Å². The van der Waals surface area contributed by atoms with Gasteiger partial charge in [-0.15, -0.1) is 22.7 Å². The van der Waals surface area contributed by atoms with Crippen LogP contribution in [0, 0.1) is 5.92 Å². The van der Waals surface area contributed by atoms with Crippen LogP contribution in [0.25, 0.3) is 10.0 Å².